The molecule has 1 heterocycles. The SMILES string of the molecule is CC(C(=O)N(C)C1CCCCC1)S(=O)(=O)Cc1csc(COc2ccc(F)cc2)n1. The highest BCUT2D eigenvalue weighted by molar-refractivity contribution is 7.92. The van der Waals surface area contributed by atoms with Crippen molar-refractivity contribution in [2.75, 3.05) is 7.05 Å². The van der Waals surface area contributed by atoms with Crippen LogP contribution in [0.4, 0.5) is 4.39 Å². The molecule has 1 unspecified atom stereocenters. The van der Waals surface area contributed by atoms with Gasteiger partial charge >= 0.3 is 0 Å². The van der Waals surface area contributed by atoms with Gasteiger partial charge in [-0.05, 0) is 44.0 Å². The van der Waals surface area contributed by atoms with Crippen molar-refractivity contribution in [3.05, 3.63) is 46.2 Å². The number of thiazole rings is 1. The maximum Gasteiger partial charge on any atom is 0.240 e. The molecule has 30 heavy (non-hydrogen) atoms. The minimum Gasteiger partial charge on any atom is -0.486 e. The number of amides is 1. The van der Waals surface area contributed by atoms with E-state index in [1.165, 1.54) is 48.9 Å². The van der Waals surface area contributed by atoms with Gasteiger partial charge < -0.3 is 9.64 Å². The topological polar surface area (TPSA) is 76.6 Å². The molecule has 9 heteroatoms. The van der Waals surface area contributed by atoms with Crippen molar-refractivity contribution in [1.29, 1.82) is 0 Å². The summed E-state index contributed by atoms with van der Waals surface area (Å²) in [5.74, 6) is -0.476. The highest BCUT2D eigenvalue weighted by Gasteiger charge is 2.33. The van der Waals surface area contributed by atoms with E-state index in [1.54, 1.807) is 17.3 Å². The predicted molar refractivity (Wildman–Crippen MR) is 115 cm³/mol. The zero-order valence-corrected chi connectivity index (χ0v) is 18.8. The van der Waals surface area contributed by atoms with Crippen molar-refractivity contribution < 1.29 is 22.3 Å². The maximum atomic E-state index is 12.9. The van der Waals surface area contributed by atoms with Gasteiger partial charge in [-0.3, -0.25) is 4.79 Å². The zero-order chi connectivity index (χ0) is 21.7. The van der Waals surface area contributed by atoms with Crippen molar-refractivity contribution in [3.8, 4) is 5.75 Å². The smallest absolute Gasteiger partial charge is 0.240 e. The van der Waals surface area contributed by atoms with E-state index in [9.17, 15) is 17.6 Å². The summed E-state index contributed by atoms with van der Waals surface area (Å²) < 4.78 is 44.1. The fraction of sp³-hybridized carbons (Fsp3) is 0.524. The van der Waals surface area contributed by atoms with Crippen LogP contribution in [-0.4, -0.2) is 42.5 Å². The number of hydrogen-bond donors (Lipinski definition) is 0. The molecule has 1 aromatic heterocycles. The molecule has 1 fully saturated rings. The molecule has 3 rings (SSSR count). The number of sulfone groups is 1. The van der Waals surface area contributed by atoms with Crippen molar-refractivity contribution in [1.82, 2.24) is 9.88 Å². The van der Waals surface area contributed by atoms with E-state index in [0.29, 0.717) is 16.5 Å². The maximum absolute atomic E-state index is 12.9. The molecule has 0 saturated heterocycles. The van der Waals surface area contributed by atoms with Crippen LogP contribution in [0.3, 0.4) is 0 Å². The van der Waals surface area contributed by atoms with Crippen molar-refractivity contribution in [2.24, 2.45) is 0 Å². The molecule has 0 radical (unpaired) electrons. The van der Waals surface area contributed by atoms with Gasteiger partial charge in [0, 0.05) is 18.5 Å². The summed E-state index contributed by atoms with van der Waals surface area (Å²) in [5, 5.41) is 1.18. The molecule has 1 aliphatic rings. The monoisotopic (exact) mass is 454 g/mol. The van der Waals surface area contributed by atoms with Crippen LogP contribution in [-0.2, 0) is 27.0 Å². The molecule has 0 bridgehead atoms. The van der Waals surface area contributed by atoms with Gasteiger partial charge in [-0.25, -0.2) is 17.8 Å². The number of halogens is 1. The highest BCUT2D eigenvalue weighted by Crippen LogP contribution is 2.24. The Hall–Kier alpha value is -2.00. The minimum absolute atomic E-state index is 0.124. The Kier molecular flexibility index (Phi) is 7.46. The Morgan fingerprint density at radius 2 is 1.93 bits per heavy atom. The Bertz CT molecular complexity index is 954. The lowest BCUT2D eigenvalue weighted by Crippen LogP contribution is -2.45. The molecular formula is C21H27FN2O4S2. The van der Waals surface area contributed by atoms with E-state index >= 15 is 0 Å². The molecule has 1 aliphatic carbocycles. The summed E-state index contributed by atoms with van der Waals surface area (Å²) in [5.41, 5.74) is 0.401. The van der Waals surface area contributed by atoms with E-state index in [0.717, 1.165) is 25.7 Å². The van der Waals surface area contributed by atoms with E-state index < -0.39 is 15.1 Å². The molecule has 0 aliphatic heterocycles. The second-order valence-corrected chi connectivity index (χ2v) is 10.9. The quantitative estimate of drug-likeness (QED) is 0.604. The van der Waals surface area contributed by atoms with Gasteiger partial charge in [0.05, 0.1) is 11.4 Å². The summed E-state index contributed by atoms with van der Waals surface area (Å²) >= 11 is 1.29. The molecule has 0 N–H and O–H groups in total. The molecule has 0 spiro atoms. The number of aromatic nitrogens is 1. The average molecular weight is 455 g/mol. The predicted octanol–water partition coefficient (Wildman–Crippen LogP) is 3.96. The number of nitrogens with zero attached hydrogens (tertiary/aromatic N) is 2. The fourth-order valence-electron chi connectivity index (χ4n) is 3.58. The Morgan fingerprint density at radius 3 is 2.60 bits per heavy atom. The zero-order valence-electron chi connectivity index (χ0n) is 17.2. The third-order valence-electron chi connectivity index (χ3n) is 5.48. The normalized spacial score (nSPS) is 16.2. The highest BCUT2D eigenvalue weighted by atomic mass is 32.2. The fourth-order valence-corrected chi connectivity index (χ4v) is 5.67. The van der Waals surface area contributed by atoms with E-state index in [1.807, 2.05) is 0 Å². The van der Waals surface area contributed by atoms with Crippen LogP contribution >= 0.6 is 11.3 Å². The Morgan fingerprint density at radius 1 is 1.27 bits per heavy atom. The van der Waals surface area contributed by atoms with Crippen molar-refractivity contribution in [2.45, 2.75) is 62.7 Å². The van der Waals surface area contributed by atoms with Gasteiger partial charge in [-0.15, -0.1) is 11.3 Å². The second-order valence-electron chi connectivity index (χ2n) is 7.67. The lowest BCUT2D eigenvalue weighted by atomic mass is 9.94. The first-order chi connectivity index (χ1) is 14.3. The molecule has 2 aromatic rings. The number of ether oxygens (including phenoxy) is 1. The van der Waals surface area contributed by atoms with E-state index in [4.69, 9.17) is 4.74 Å². The van der Waals surface area contributed by atoms with Gasteiger partial charge in [0.15, 0.2) is 9.84 Å². The van der Waals surface area contributed by atoms with E-state index in [2.05, 4.69) is 4.98 Å². The van der Waals surface area contributed by atoms with Gasteiger partial charge in [0.25, 0.3) is 0 Å². The van der Waals surface area contributed by atoms with Crippen LogP contribution in [0.15, 0.2) is 29.6 Å². The van der Waals surface area contributed by atoms with Crippen molar-refractivity contribution in [3.63, 3.8) is 0 Å². The summed E-state index contributed by atoms with van der Waals surface area (Å²) in [6.45, 7) is 1.62. The molecule has 6 nitrogen and oxygen atoms in total. The molecule has 1 atom stereocenters. The number of carbonyl (C=O) groups is 1. The van der Waals surface area contributed by atoms with Gasteiger partial charge in [-0.2, -0.15) is 0 Å². The molecule has 164 valence electrons. The number of carbonyl (C=O) groups excluding carboxylic acids is 1. The lowest BCUT2D eigenvalue weighted by molar-refractivity contribution is -0.131. The Labute approximate surface area is 181 Å². The van der Waals surface area contributed by atoms with Crippen LogP contribution < -0.4 is 4.74 Å². The number of benzene rings is 1. The van der Waals surface area contributed by atoms with Crippen LogP contribution in [0.2, 0.25) is 0 Å². The minimum atomic E-state index is -3.68. The van der Waals surface area contributed by atoms with Crippen LogP contribution in [0.25, 0.3) is 0 Å². The molecule has 1 saturated carbocycles. The standard InChI is InChI=1S/C21H27FN2O4S2/c1-15(21(25)24(2)18-6-4-3-5-7-18)30(26,27)14-17-13-29-20(23-17)12-28-19-10-8-16(22)9-11-19/h8-11,13,15,18H,3-7,12,14H2,1-2H3. The third kappa shape index (κ3) is 5.78. The van der Waals surface area contributed by atoms with Gasteiger partial charge in [-0.1, -0.05) is 19.3 Å². The first-order valence-electron chi connectivity index (χ1n) is 10.1. The van der Waals surface area contributed by atoms with Crippen molar-refractivity contribution >= 4 is 27.1 Å². The second kappa shape index (κ2) is 9.87. The summed E-state index contributed by atoms with van der Waals surface area (Å²) in [6.07, 6.45) is 5.18. The average Bonchev–Trinajstić information content (AvgIpc) is 3.19. The molecule has 1 amide bonds. The number of rotatable bonds is 8. The third-order valence-corrected chi connectivity index (χ3v) is 8.33. The van der Waals surface area contributed by atoms with Crippen LogP contribution in [0, 0.1) is 5.82 Å². The largest absolute Gasteiger partial charge is 0.486 e. The first kappa shape index (κ1) is 22.7. The first-order valence-corrected chi connectivity index (χ1v) is 12.7. The van der Waals surface area contributed by atoms with Gasteiger partial charge in [0.1, 0.15) is 28.4 Å². The summed E-state index contributed by atoms with van der Waals surface area (Å²) in [4.78, 5) is 18.7. The molecular weight excluding hydrogens is 427 g/mol. The summed E-state index contributed by atoms with van der Waals surface area (Å²) in [7, 11) is -1.98. The molecule has 1 aromatic carbocycles. The lowest BCUT2D eigenvalue weighted by Gasteiger charge is -2.32. The van der Waals surface area contributed by atoms with E-state index in [-0.39, 0.29) is 30.1 Å². The van der Waals surface area contributed by atoms with Crippen LogP contribution in [0.1, 0.15) is 49.7 Å². The number of hydrogen-bond acceptors (Lipinski definition) is 6. The van der Waals surface area contributed by atoms with Crippen LogP contribution in [0.5, 0.6) is 5.75 Å². The van der Waals surface area contributed by atoms with Gasteiger partial charge in [0.2, 0.25) is 5.91 Å². The Balaban J connectivity index is 1.57. The summed E-state index contributed by atoms with van der Waals surface area (Å²) in [6, 6.07) is 5.77.